The van der Waals surface area contributed by atoms with Gasteiger partial charge in [0, 0.05) is 6.42 Å². The summed E-state index contributed by atoms with van der Waals surface area (Å²) in [4.78, 5) is 13.1. The quantitative estimate of drug-likeness (QED) is 0.0261. The lowest BCUT2D eigenvalue weighted by molar-refractivity contribution is -0.302. The number of nitrogens with one attached hydrogen (secondary N) is 1. The van der Waals surface area contributed by atoms with Gasteiger partial charge in [-0.3, -0.25) is 4.79 Å². The van der Waals surface area contributed by atoms with Crippen LogP contribution in [0.25, 0.3) is 0 Å². The molecule has 0 aromatic carbocycles. The van der Waals surface area contributed by atoms with Gasteiger partial charge in [0.1, 0.15) is 24.4 Å². The highest BCUT2D eigenvalue weighted by atomic mass is 16.7. The van der Waals surface area contributed by atoms with Crippen LogP contribution >= 0.6 is 0 Å². The minimum atomic E-state index is -1.58. The number of aliphatic hydroxyl groups is 5. The summed E-state index contributed by atoms with van der Waals surface area (Å²) in [6.45, 7) is 3.64. The number of ether oxygens (including phenoxy) is 2. The van der Waals surface area contributed by atoms with E-state index >= 15 is 0 Å². The second-order valence-electron chi connectivity index (χ2n) is 20.7. The zero-order valence-electron chi connectivity index (χ0n) is 48.7. The summed E-state index contributed by atoms with van der Waals surface area (Å²) in [5.41, 5.74) is 0. The summed E-state index contributed by atoms with van der Waals surface area (Å²) in [5, 5.41) is 54.6. The molecule has 77 heavy (non-hydrogen) atoms. The number of carbonyl (C=O) groups is 1. The Morgan fingerprint density at radius 2 is 0.818 bits per heavy atom. The summed E-state index contributed by atoms with van der Waals surface area (Å²) in [6, 6.07) is -0.844. The van der Waals surface area contributed by atoms with Crippen molar-refractivity contribution in [2.75, 3.05) is 13.2 Å². The first-order chi connectivity index (χ1) is 37.8. The van der Waals surface area contributed by atoms with Crippen molar-refractivity contribution >= 4 is 5.91 Å². The normalized spacial score (nSPS) is 19.7. The standard InChI is InChI=1S/C68H113NO8/c1-3-5-7-9-11-13-15-17-19-21-23-25-26-27-28-29-30-31-32-33-34-35-36-38-40-42-44-46-48-50-52-54-56-58-64(72)69-61(60-76-68-67(75)66(74)65(73)63(59-70)77-68)62(71)57-55-53-51-49-47-45-43-41-39-37-24-22-20-18-16-14-12-10-8-6-4-2/h5,7,11,13,17,19,23,25,27-28,30-31,33-34,36,38-39,41,47,49,55,57,61-63,65-68,70-71,73-75H,3-4,6,8-10,12,14-16,18,20-22,24,26,29,32,35,37,40,42-46,48,50-54,56,58-60H2,1-2H3,(H,69,72)/b7-5-,13-11-,19-17-,25-23-,28-27-,31-30-,34-33-,38-36-,41-39+,49-47+,57-55+. The smallest absolute Gasteiger partial charge is 0.220 e. The van der Waals surface area contributed by atoms with Crippen LogP contribution in [0.1, 0.15) is 232 Å². The molecule has 438 valence electrons. The maximum atomic E-state index is 13.1. The highest BCUT2D eigenvalue weighted by Crippen LogP contribution is 2.23. The van der Waals surface area contributed by atoms with Crippen LogP contribution < -0.4 is 5.32 Å². The Hall–Kier alpha value is -3.67. The van der Waals surface area contributed by atoms with E-state index in [4.69, 9.17) is 9.47 Å². The highest BCUT2D eigenvalue weighted by molar-refractivity contribution is 5.76. The molecule has 7 unspecified atom stereocenters. The number of rotatable bonds is 51. The summed E-state index contributed by atoms with van der Waals surface area (Å²) in [7, 11) is 0. The third-order valence-corrected chi connectivity index (χ3v) is 13.7. The Morgan fingerprint density at radius 3 is 1.25 bits per heavy atom. The maximum absolute atomic E-state index is 13.1. The van der Waals surface area contributed by atoms with Gasteiger partial charge in [0.15, 0.2) is 6.29 Å². The van der Waals surface area contributed by atoms with Crippen LogP contribution in [0.2, 0.25) is 0 Å². The van der Waals surface area contributed by atoms with Crippen molar-refractivity contribution in [3.8, 4) is 0 Å². The molecule has 0 bridgehead atoms. The van der Waals surface area contributed by atoms with E-state index in [1.54, 1.807) is 6.08 Å². The van der Waals surface area contributed by atoms with Crippen molar-refractivity contribution in [3.63, 3.8) is 0 Å². The SMILES string of the molecule is CC/C=C\C/C=C\C/C=C\C/C=C\C/C=C\C/C=C\C/C=C\C/C=C\CCCCCCCCCCC(=O)NC(COC1OC(CO)C(O)C(O)C1O)C(O)/C=C/CC/C=C/CC/C=C/CCCCCCCCCCCCC. The summed E-state index contributed by atoms with van der Waals surface area (Å²) in [5.74, 6) is -0.205. The zero-order valence-corrected chi connectivity index (χ0v) is 48.7. The van der Waals surface area contributed by atoms with Gasteiger partial charge in [-0.05, 0) is 109 Å². The second kappa shape index (κ2) is 55.6. The molecule has 0 saturated carbocycles. The van der Waals surface area contributed by atoms with Crippen LogP contribution in [-0.2, 0) is 14.3 Å². The molecular formula is C68H113NO8. The van der Waals surface area contributed by atoms with Gasteiger partial charge in [-0.15, -0.1) is 0 Å². The largest absolute Gasteiger partial charge is 0.394 e. The van der Waals surface area contributed by atoms with Crippen LogP contribution in [-0.4, -0.2) is 87.5 Å². The van der Waals surface area contributed by atoms with Crippen LogP contribution in [0, 0.1) is 0 Å². The van der Waals surface area contributed by atoms with Gasteiger partial charge in [0.25, 0.3) is 0 Å². The Bertz CT molecular complexity index is 1670. The first-order valence-corrected chi connectivity index (χ1v) is 30.9. The average molecular weight is 1070 g/mol. The lowest BCUT2D eigenvalue weighted by atomic mass is 9.99. The first kappa shape index (κ1) is 71.3. The Morgan fingerprint density at radius 1 is 0.455 bits per heavy atom. The van der Waals surface area contributed by atoms with Crippen molar-refractivity contribution in [1.82, 2.24) is 5.32 Å². The third-order valence-electron chi connectivity index (χ3n) is 13.7. The van der Waals surface area contributed by atoms with E-state index in [0.717, 1.165) is 116 Å². The van der Waals surface area contributed by atoms with Crippen LogP contribution in [0.5, 0.6) is 0 Å². The van der Waals surface area contributed by atoms with Crippen molar-refractivity contribution in [1.29, 1.82) is 0 Å². The molecule has 1 heterocycles. The monoisotopic (exact) mass is 1070 g/mol. The molecule has 6 N–H and O–H groups in total. The zero-order chi connectivity index (χ0) is 55.8. The fourth-order valence-electron chi connectivity index (χ4n) is 8.85. The summed E-state index contributed by atoms with van der Waals surface area (Å²) in [6.07, 6.45) is 78.0. The number of aliphatic hydroxyl groups excluding tert-OH is 5. The number of allylic oxidation sites excluding steroid dienone is 21. The van der Waals surface area contributed by atoms with Crippen molar-refractivity contribution < 1.29 is 39.8 Å². The average Bonchev–Trinajstić information content (AvgIpc) is 3.43. The van der Waals surface area contributed by atoms with Crippen LogP contribution in [0.15, 0.2) is 134 Å². The van der Waals surface area contributed by atoms with Gasteiger partial charge in [0.05, 0.1) is 25.4 Å². The fraction of sp³-hybridized carbons (Fsp3) is 0.662. The lowest BCUT2D eigenvalue weighted by Gasteiger charge is -2.40. The Balaban J connectivity index is 2.25. The molecule has 1 saturated heterocycles. The third kappa shape index (κ3) is 44.8. The molecular weight excluding hydrogens is 959 g/mol. The first-order valence-electron chi connectivity index (χ1n) is 30.9. The number of carbonyl (C=O) groups excluding carboxylic acids is 1. The van der Waals surface area contributed by atoms with Crippen LogP contribution in [0.4, 0.5) is 0 Å². The van der Waals surface area contributed by atoms with Gasteiger partial charge in [-0.25, -0.2) is 0 Å². The van der Waals surface area contributed by atoms with Gasteiger partial charge in [-0.2, -0.15) is 0 Å². The molecule has 0 aromatic rings. The topological polar surface area (TPSA) is 149 Å². The molecule has 1 fully saturated rings. The van der Waals surface area contributed by atoms with E-state index in [1.165, 1.54) is 96.3 Å². The number of hydrogen-bond donors (Lipinski definition) is 6. The second-order valence-corrected chi connectivity index (χ2v) is 20.7. The van der Waals surface area contributed by atoms with Gasteiger partial charge < -0.3 is 40.3 Å². The van der Waals surface area contributed by atoms with Crippen molar-refractivity contribution in [2.24, 2.45) is 0 Å². The summed E-state index contributed by atoms with van der Waals surface area (Å²) >= 11 is 0. The van der Waals surface area contributed by atoms with E-state index in [1.807, 2.05) is 6.08 Å². The molecule has 9 heteroatoms. The molecule has 0 aromatic heterocycles. The van der Waals surface area contributed by atoms with Gasteiger partial charge in [-0.1, -0.05) is 250 Å². The van der Waals surface area contributed by atoms with Crippen molar-refractivity contribution in [2.45, 2.75) is 275 Å². The van der Waals surface area contributed by atoms with E-state index in [-0.39, 0.29) is 12.5 Å². The predicted octanol–water partition coefficient (Wildman–Crippen LogP) is 16.1. The highest BCUT2D eigenvalue weighted by Gasteiger charge is 2.44. The Labute approximate surface area is 471 Å². The number of amides is 1. The number of unbranched alkanes of at least 4 members (excludes halogenated alkanes) is 21. The number of hydrogen-bond acceptors (Lipinski definition) is 8. The predicted molar refractivity (Wildman–Crippen MR) is 327 cm³/mol. The minimum Gasteiger partial charge on any atom is -0.394 e. The lowest BCUT2D eigenvalue weighted by Crippen LogP contribution is -2.60. The summed E-state index contributed by atoms with van der Waals surface area (Å²) < 4.78 is 11.3. The van der Waals surface area contributed by atoms with E-state index in [9.17, 15) is 30.3 Å². The fourth-order valence-corrected chi connectivity index (χ4v) is 8.85. The van der Waals surface area contributed by atoms with Gasteiger partial charge >= 0.3 is 0 Å². The van der Waals surface area contributed by atoms with E-state index in [0.29, 0.717) is 6.42 Å². The van der Waals surface area contributed by atoms with E-state index < -0.39 is 49.5 Å². The molecule has 1 aliphatic heterocycles. The molecule has 7 atom stereocenters. The molecule has 0 spiro atoms. The molecule has 1 rings (SSSR count). The van der Waals surface area contributed by atoms with Gasteiger partial charge in [0.2, 0.25) is 5.91 Å². The molecule has 0 aliphatic carbocycles. The minimum absolute atomic E-state index is 0.205. The molecule has 9 nitrogen and oxygen atoms in total. The molecule has 1 aliphatic rings. The molecule has 0 radical (unpaired) electrons. The van der Waals surface area contributed by atoms with Crippen LogP contribution in [0.3, 0.4) is 0 Å². The Kier molecular flexibility index (Phi) is 51.5. The molecule has 1 amide bonds. The van der Waals surface area contributed by atoms with E-state index in [2.05, 4.69) is 141 Å². The van der Waals surface area contributed by atoms with Crippen molar-refractivity contribution in [3.05, 3.63) is 134 Å². The maximum Gasteiger partial charge on any atom is 0.220 e.